The monoisotopic (exact) mass is 297 g/mol. The Bertz CT molecular complexity index is 440. The van der Waals surface area contributed by atoms with E-state index in [4.69, 9.17) is 9.47 Å². The SMILES string of the molecule is CCCCOCCOc1cc([N+](=O)[O-])cc(NCCC)n1. The number of aromatic nitrogens is 1. The molecule has 0 atom stereocenters. The Balaban J connectivity index is 2.54. The fourth-order valence-corrected chi connectivity index (χ4v) is 1.57. The quantitative estimate of drug-likeness (QED) is 0.384. The Hall–Kier alpha value is -1.89. The van der Waals surface area contributed by atoms with Gasteiger partial charge in [0.25, 0.3) is 5.69 Å². The maximum absolute atomic E-state index is 10.9. The summed E-state index contributed by atoms with van der Waals surface area (Å²) in [6.45, 7) is 6.28. The zero-order chi connectivity index (χ0) is 15.5. The first-order valence-corrected chi connectivity index (χ1v) is 7.28. The summed E-state index contributed by atoms with van der Waals surface area (Å²) in [5, 5.41) is 13.9. The molecule has 0 bridgehead atoms. The molecule has 0 saturated heterocycles. The molecule has 0 aliphatic rings. The van der Waals surface area contributed by atoms with Gasteiger partial charge in [-0.25, -0.2) is 0 Å². The molecule has 0 spiro atoms. The third kappa shape index (κ3) is 6.89. The van der Waals surface area contributed by atoms with Gasteiger partial charge in [0.1, 0.15) is 12.4 Å². The van der Waals surface area contributed by atoms with Gasteiger partial charge in [-0.15, -0.1) is 0 Å². The van der Waals surface area contributed by atoms with Crippen LogP contribution in [0.1, 0.15) is 33.1 Å². The summed E-state index contributed by atoms with van der Waals surface area (Å²) >= 11 is 0. The van der Waals surface area contributed by atoms with Gasteiger partial charge in [-0.2, -0.15) is 4.98 Å². The van der Waals surface area contributed by atoms with E-state index in [0.29, 0.717) is 32.2 Å². The average Bonchev–Trinajstić information content (AvgIpc) is 2.48. The van der Waals surface area contributed by atoms with Crippen LogP contribution in [0.5, 0.6) is 5.88 Å². The van der Waals surface area contributed by atoms with E-state index >= 15 is 0 Å². The highest BCUT2D eigenvalue weighted by Crippen LogP contribution is 2.22. The highest BCUT2D eigenvalue weighted by atomic mass is 16.6. The molecule has 7 heteroatoms. The minimum atomic E-state index is -0.455. The maximum Gasteiger partial charge on any atom is 0.278 e. The van der Waals surface area contributed by atoms with Crippen molar-refractivity contribution < 1.29 is 14.4 Å². The molecule has 0 unspecified atom stereocenters. The van der Waals surface area contributed by atoms with E-state index in [1.54, 1.807) is 0 Å². The highest BCUT2D eigenvalue weighted by Gasteiger charge is 2.11. The molecule has 1 aromatic heterocycles. The highest BCUT2D eigenvalue weighted by molar-refractivity contribution is 5.48. The molecule has 1 heterocycles. The maximum atomic E-state index is 10.9. The molecule has 1 aromatic rings. The first kappa shape index (κ1) is 17.2. The van der Waals surface area contributed by atoms with Crippen molar-refractivity contribution in [2.24, 2.45) is 0 Å². The van der Waals surface area contributed by atoms with Gasteiger partial charge in [-0.1, -0.05) is 20.3 Å². The van der Waals surface area contributed by atoms with Crippen molar-refractivity contribution in [1.82, 2.24) is 4.98 Å². The van der Waals surface area contributed by atoms with Crippen LogP contribution in [0.4, 0.5) is 11.5 Å². The minimum absolute atomic E-state index is 0.0366. The van der Waals surface area contributed by atoms with Crippen molar-refractivity contribution in [3.63, 3.8) is 0 Å². The fourth-order valence-electron chi connectivity index (χ4n) is 1.57. The molecule has 1 N–H and O–H groups in total. The van der Waals surface area contributed by atoms with Crippen LogP contribution in [-0.2, 0) is 4.74 Å². The van der Waals surface area contributed by atoms with Crippen LogP contribution in [0.15, 0.2) is 12.1 Å². The van der Waals surface area contributed by atoms with E-state index in [-0.39, 0.29) is 11.6 Å². The molecule has 0 saturated carbocycles. The molecule has 7 nitrogen and oxygen atoms in total. The Morgan fingerprint density at radius 2 is 2.05 bits per heavy atom. The summed E-state index contributed by atoms with van der Waals surface area (Å²) in [5.41, 5.74) is -0.0366. The summed E-state index contributed by atoms with van der Waals surface area (Å²) in [6.07, 6.45) is 3.01. The van der Waals surface area contributed by atoms with Gasteiger partial charge in [-0.3, -0.25) is 10.1 Å². The van der Waals surface area contributed by atoms with Crippen molar-refractivity contribution in [2.75, 3.05) is 31.7 Å². The number of rotatable bonds is 11. The lowest BCUT2D eigenvalue weighted by atomic mass is 10.3. The summed E-state index contributed by atoms with van der Waals surface area (Å²) in [7, 11) is 0. The smallest absolute Gasteiger partial charge is 0.278 e. The van der Waals surface area contributed by atoms with Crippen molar-refractivity contribution >= 4 is 11.5 Å². The Kier molecular flexibility index (Phi) is 8.11. The van der Waals surface area contributed by atoms with E-state index in [0.717, 1.165) is 19.3 Å². The second-order valence-corrected chi connectivity index (χ2v) is 4.55. The summed E-state index contributed by atoms with van der Waals surface area (Å²) < 4.78 is 10.8. The number of unbranched alkanes of at least 4 members (excludes halogenated alkanes) is 1. The first-order chi connectivity index (χ1) is 10.2. The van der Waals surface area contributed by atoms with Gasteiger partial charge in [0.15, 0.2) is 0 Å². The van der Waals surface area contributed by atoms with Gasteiger partial charge in [0.2, 0.25) is 5.88 Å². The molecule has 0 amide bonds. The lowest BCUT2D eigenvalue weighted by molar-refractivity contribution is -0.384. The topological polar surface area (TPSA) is 86.5 Å². The molecule has 0 radical (unpaired) electrons. The van der Waals surface area contributed by atoms with Crippen LogP contribution in [0.2, 0.25) is 0 Å². The number of ether oxygens (including phenoxy) is 2. The van der Waals surface area contributed by atoms with Crippen LogP contribution >= 0.6 is 0 Å². The number of nitro groups is 1. The molecular formula is C14H23N3O4. The van der Waals surface area contributed by atoms with E-state index in [1.165, 1.54) is 12.1 Å². The normalized spacial score (nSPS) is 10.4. The van der Waals surface area contributed by atoms with Crippen LogP contribution in [0.25, 0.3) is 0 Å². The largest absolute Gasteiger partial charge is 0.475 e. The fraction of sp³-hybridized carbons (Fsp3) is 0.643. The number of nitrogens with one attached hydrogen (secondary N) is 1. The Morgan fingerprint density at radius 3 is 2.71 bits per heavy atom. The van der Waals surface area contributed by atoms with Gasteiger partial charge < -0.3 is 14.8 Å². The van der Waals surface area contributed by atoms with Crippen LogP contribution in [0, 0.1) is 10.1 Å². The standard InChI is InChI=1S/C14H23N3O4/c1-3-5-7-20-8-9-21-14-11-12(17(18)19)10-13(16-14)15-6-4-2/h10-11H,3-9H2,1-2H3,(H,15,16). The third-order valence-electron chi connectivity index (χ3n) is 2.67. The van der Waals surface area contributed by atoms with Crippen LogP contribution < -0.4 is 10.1 Å². The summed E-state index contributed by atoms with van der Waals surface area (Å²) in [5.74, 6) is 0.690. The lowest BCUT2D eigenvalue weighted by Gasteiger charge is -2.09. The minimum Gasteiger partial charge on any atom is -0.475 e. The van der Waals surface area contributed by atoms with Crippen molar-refractivity contribution in [2.45, 2.75) is 33.1 Å². The van der Waals surface area contributed by atoms with Gasteiger partial charge in [-0.05, 0) is 12.8 Å². The second kappa shape index (κ2) is 9.93. The molecule has 0 aliphatic carbocycles. The van der Waals surface area contributed by atoms with E-state index in [1.807, 2.05) is 6.92 Å². The van der Waals surface area contributed by atoms with Crippen molar-refractivity contribution in [1.29, 1.82) is 0 Å². The molecule has 118 valence electrons. The summed E-state index contributed by atoms with van der Waals surface area (Å²) in [6, 6.07) is 2.73. The lowest BCUT2D eigenvalue weighted by Crippen LogP contribution is -2.09. The average molecular weight is 297 g/mol. The predicted octanol–water partition coefficient (Wildman–Crippen LogP) is 3.01. The first-order valence-electron chi connectivity index (χ1n) is 7.28. The van der Waals surface area contributed by atoms with Crippen LogP contribution in [0.3, 0.4) is 0 Å². The molecule has 0 fully saturated rings. The van der Waals surface area contributed by atoms with Crippen molar-refractivity contribution in [3.05, 3.63) is 22.2 Å². The Morgan fingerprint density at radius 1 is 1.24 bits per heavy atom. The van der Waals surface area contributed by atoms with Crippen molar-refractivity contribution in [3.8, 4) is 5.88 Å². The number of nitrogens with zero attached hydrogens (tertiary/aromatic N) is 2. The zero-order valence-corrected chi connectivity index (χ0v) is 12.6. The van der Waals surface area contributed by atoms with E-state index < -0.39 is 4.92 Å². The summed E-state index contributed by atoms with van der Waals surface area (Å²) in [4.78, 5) is 14.6. The Labute approximate surface area is 124 Å². The number of hydrogen-bond donors (Lipinski definition) is 1. The second-order valence-electron chi connectivity index (χ2n) is 4.55. The molecule has 0 aliphatic heterocycles. The molecule has 21 heavy (non-hydrogen) atoms. The molecular weight excluding hydrogens is 274 g/mol. The number of anilines is 1. The molecule has 0 aromatic carbocycles. The van der Waals surface area contributed by atoms with E-state index in [2.05, 4.69) is 17.2 Å². The van der Waals surface area contributed by atoms with E-state index in [9.17, 15) is 10.1 Å². The third-order valence-corrected chi connectivity index (χ3v) is 2.67. The zero-order valence-electron chi connectivity index (χ0n) is 12.6. The molecule has 1 rings (SSSR count). The number of hydrogen-bond acceptors (Lipinski definition) is 6. The predicted molar refractivity (Wildman–Crippen MR) is 80.9 cm³/mol. The van der Waals surface area contributed by atoms with Gasteiger partial charge in [0, 0.05) is 13.2 Å². The number of pyridine rings is 1. The van der Waals surface area contributed by atoms with Gasteiger partial charge in [0.05, 0.1) is 23.7 Å². The van der Waals surface area contributed by atoms with Crippen LogP contribution in [-0.4, -0.2) is 36.3 Å². The van der Waals surface area contributed by atoms with Gasteiger partial charge >= 0.3 is 0 Å².